The van der Waals surface area contributed by atoms with Crippen molar-refractivity contribution in [1.82, 2.24) is 4.98 Å². The molecule has 0 aliphatic carbocycles. The number of rotatable bonds is 3. The van der Waals surface area contributed by atoms with Crippen molar-refractivity contribution in [3.8, 4) is 6.07 Å². The number of hydrogen-bond donors (Lipinski definition) is 2. The van der Waals surface area contributed by atoms with Crippen LogP contribution in [-0.4, -0.2) is 15.8 Å². The van der Waals surface area contributed by atoms with Crippen LogP contribution in [0.15, 0.2) is 36.5 Å². The fraction of sp³-hybridized carbons (Fsp3) is 0. The molecule has 0 bridgehead atoms. The Morgan fingerprint density at radius 2 is 2.05 bits per heavy atom. The maximum Gasteiger partial charge on any atom is 0.300 e. The Bertz CT molecular complexity index is 749. The quantitative estimate of drug-likeness (QED) is 0.650. The predicted molar refractivity (Wildman–Crippen MR) is 74.4 cm³/mol. The third-order valence-corrected chi connectivity index (χ3v) is 2.62. The first-order chi connectivity index (χ1) is 10.0. The van der Waals surface area contributed by atoms with E-state index in [0.29, 0.717) is 11.3 Å². The number of nitro groups is 1. The lowest BCUT2D eigenvalue weighted by Gasteiger charge is -2.06. The first-order valence-electron chi connectivity index (χ1n) is 5.72. The average molecular weight is 283 g/mol. The van der Waals surface area contributed by atoms with E-state index in [9.17, 15) is 14.9 Å². The Labute approximate surface area is 119 Å². The van der Waals surface area contributed by atoms with Gasteiger partial charge in [-0.2, -0.15) is 5.26 Å². The van der Waals surface area contributed by atoms with Crippen molar-refractivity contribution in [1.29, 1.82) is 5.26 Å². The summed E-state index contributed by atoms with van der Waals surface area (Å²) in [5.74, 6) is -0.675. The second kappa shape index (κ2) is 5.66. The SMILES string of the molecule is N#Cc1ccc(NC(=O)c2cc(N)ncc2[N+](=O)[O-])cc1. The van der Waals surface area contributed by atoms with Crippen LogP contribution in [0.3, 0.4) is 0 Å². The second-order valence-corrected chi connectivity index (χ2v) is 4.03. The molecule has 0 atom stereocenters. The molecule has 0 aliphatic rings. The zero-order valence-electron chi connectivity index (χ0n) is 10.6. The van der Waals surface area contributed by atoms with E-state index in [1.54, 1.807) is 0 Å². The van der Waals surface area contributed by atoms with E-state index in [1.165, 1.54) is 24.3 Å². The molecule has 1 aromatic carbocycles. The Balaban J connectivity index is 2.29. The average Bonchev–Trinajstić information content (AvgIpc) is 2.47. The minimum atomic E-state index is -0.708. The molecule has 1 aromatic heterocycles. The Morgan fingerprint density at radius 3 is 2.62 bits per heavy atom. The van der Waals surface area contributed by atoms with E-state index in [4.69, 9.17) is 11.0 Å². The van der Waals surface area contributed by atoms with E-state index in [2.05, 4.69) is 10.3 Å². The number of benzene rings is 1. The first kappa shape index (κ1) is 14.0. The molecule has 1 heterocycles. The molecule has 2 rings (SSSR count). The highest BCUT2D eigenvalue weighted by molar-refractivity contribution is 6.07. The van der Waals surface area contributed by atoms with Crippen LogP contribution in [0.2, 0.25) is 0 Å². The molecule has 8 nitrogen and oxygen atoms in total. The summed E-state index contributed by atoms with van der Waals surface area (Å²) in [5.41, 5.74) is 5.67. The van der Waals surface area contributed by atoms with Gasteiger partial charge in [-0.3, -0.25) is 14.9 Å². The van der Waals surface area contributed by atoms with Crippen LogP contribution in [0.1, 0.15) is 15.9 Å². The molecule has 1 amide bonds. The molecule has 21 heavy (non-hydrogen) atoms. The summed E-state index contributed by atoms with van der Waals surface area (Å²) in [7, 11) is 0. The molecular formula is C13H9N5O3. The topological polar surface area (TPSA) is 135 Å². The van der Waals surface area contributed by atoms with Crippen molar-refractivity contribution in [2.24, 2.45) is 0 Å². The minimum absolute atomic E-state index is 0.00517. The molecule has 104 valence electrons. The lowest BCUT2D eigenvalue weighted by atomic mass is 10.2. The standard InChI is InChI=1S/C13H9N5O3/c14-6-8-1-3-9(4-2-8)17-13(19)10-5-12(15)16-7-11(10)18(20)21/h1-5,7H,(H2,15,16)(H,17,19). The number of nitrogens with two attached hydrogens (primary N) is 1. The van der Waals surface area contributed by atoms with E-state index in [0.717, 1.165) is 12.3 Å². The van der Waals surface area contributed by atoms with Crippen molar-refractivity contribution in [3.63, 3.8) is 0 Å². The number of pyridine rings is 1. The maximum absolute atomic E-state index is 12.1. The largest absolute Gasteiger partial charge is 0.384 e. The smallest absolute Gasteiger partial charge is 0.300 e. The van der Waals surface area contributed by atoms with Crippen molar-refractivity contribution < 1.29 is 9.72 Å². The van der Waals surface area contributed by atoms with E-state index < -0.39 is 16.5 Å². The zero-order valence-corrected chi connectivity index (χ0v) is 10.6. The van der Waals surface area contributed by atoms with Crippen LogP contribution < -0.4 is 11.1 Å². The highest BCUT2D eigenvalue weighted by Gasteiger charge is 2.21. The molecule has 8 heteroatoms. The summed E-state index contributed by atoms with van der Waals surface area (Å²) < 4.78 is 0. The number of carbonyl (C=O) groups excluding carboxylic acids is 1. The third-order valence-electron chi connectivity index (χ3n) is 2.62. The second-order valence-electron chi connectivity index (χ2n) is 4.03. The number of aromatic nitrogens is 1. The lowest BCUT2D eigenvalue weighted by molar-refractivity contribution is -0.385. The molecule has 0 unspecified atom stereocenters. The predicted octanol–water partition coefficient (Wildman–Crippen LogP) is 1.70. The number of anilines is 2. The molecule has 3 N–H and O–H groups in total. The molecule has 0 fully saturated rings. The molecule has 0 spiro atoms. The lowest BCUT2D eigenvalue weighted by Crippen LogP contribution is -2.14. The maximum atomic E-state index is 12.1. The number of nitrogen functional groups attached to an aromatic ring is 1. The van der Waals surface area contributed by atoms with Crippen molar-refractivity contribution in [2.75, 3.05) is 11.1 Å². The molecule has 0 radical (unpaired) electrons. The van der Waals surface area contributed by atoms with Gasteiger partial charge in [0.15, 0.2) is 0 Å². The molecular weight excluding hydrogens is 274 g/mol. The fourth-order valence-electron chi connectivity index (χ4n) is 1.62. The fourth-order valence-corrected chi connectivity index (χ4v) is 1.62. The molecule has 0 saturated carbocycles. The van der Waals surface area contributed by atoms with Crippen LogP contribution in [0.5, 0.6) is 0 Å². The van der Waals surface area contributed by atoms with E-state index >= 15 is 0 Å². The summed E-state index contributed by atoms with van der Waals surface area (Å²) in [5, 5.41) is 22.1. The van der Waals surface area contributed by atoms with Crippen LogP contribution >= 0.6 is 0 Å². The highest BCUT2D eigenvalue weighted by Crippen LogP contribution is 2.20. The molecule has 2 aromatic rings. The van der Waals surface area contributed by atoms with E-state index in [-0.39, 0.29) is 11.4 Å². The number of nitrogens with zero attached hydrogens (tertiary/aromatic N) is 3. The Morgan fingerprint density at radius 1 is 1.38 bits per heavy atom. The normalized spacial score (nSPS) is 9.67. The van der Waals surface area contributed by atoms with Gasteiger partial charge in [-0.25, -0.2) is 4.98 Å². The highest BCUT2D eigenvalue weighted by atomic mass is 16.6. The van der Waals surface area contributed by atoms with Crippen LogP contribution in [-0.2, 0) is 0 Å². The summed E-state index contributed by atoms with van der Waals surface area (Å²) in [6.45, 7) is 0. The van der Waals surface area contributed by atoms with Crippen LogP contribution in [0, 0.1) is 21.4 Å². The summed E-state index contributed by atoms with van der Waals surface area (Å²) in [6, 6.07) is 9.16. The number of hydrogen-bond acceptors (Lipinski definition) is 6. The number of amides is 1. The zero-order chi connectivity index (χ0) is 15.4. The van der Waals surface area contributed by atoms with Gasteiger partial charge in [-0.1, -0.05) is 0 Å². The monoisotopic (exact) mass is 283 g/mol. The van der Waals surface area contributed by atoms with Crippen molar-refractivity contribution in [3.05, 3.63) is 57.8 Å². The van der Waals surface area contributed by atoms with Gasteiger partial charge in [-0.05, 0) is 30.3 Å². The van der Waals surface area contributed by atoms with E-state index in [1.807, 2.05) is 6.07 Å². The Hall–Kier alpha value is -3.47. The minimum Gasteiger partial charge on any atom is -0.384 e. The van der Waals surface area contributed by atoms with Crippen molar-refractivity contribution >= 4 is 23.1 Å². The number of nitriles is 1. The van der Waals surface area contributed by atoms with Gasteiger partial charge in [0.05, 0.1) is 16.6 Å². The van der Waals surface area contributed by atoms with Gasteiger partial charge < -0.3 is 11.1 Å². The molecule has 0 aliphatic heterocycles. The van der Waals surface area contributed by atoms with Gasteiger partial charge in [-0.15, -0.1) is 0 Å². The van der Waals surface area contributed by atoms with Gasteiger partial charge in [0, 0.05) is 5.69 Å². The van der Waals surface area contributed by atoms with Gasteiger partial charge in [0.25, 0.3) is 11.6 Å². The van der Waals surface area contributed by atoms with Gasteiger partial charge >= 0.3 is 0 Å². The summed E-state index contributed by atoms with van der Waals surface area (Å²) >= 11 is 0. The van der Waals surface area contributed by atoms with Gasteiger partial charge in [0.1, 0.15) is 17.6 Å². The summed E-state index contributed by atoms with van der Waals surface area (Å²) in [4.78, 5) is 25.8. The van der Waals surface area contributed by atoms with Crippen LogP contribution in [0.25, 0.3) is 0 Å². The van der Waals surface area contributed by atoms with Gasteiger partial charge in [0.2, 0.25) is 0 Å². The Kier molecular flexibility index (Phi) is 3.76. The van der Waals surface area contributed by atoms with Crippen LogP contribution in [0.4, 0.5) is 17.2 Å². The molecule has 0 saturated heterocycles. The summed E-state index contributed by atoms with van der Waals surface area (Å²) in [6.07, 6.45) is 0.934. The number of carbonyl (C=O) groups is 1. The third kappa shape index (κ3) is 3.10. The van der Waals surface area contributed by atoms with Crippen molar-refractivity contribution in [2.45, 2.75) is 0 Å². The first-order valence-corrected chi connectivity index (χ1v) is 5.72. The number of nitrogens with one attached hydrogen (secondary N) is 1.